The first-order chi connectivity index (χ1) is 15.0. The van der Waals surface area contributed by atoms with Gasteiger partial charge in [-0.2, -0.15) is 5.10 Å². The van der Waals surface area contributed by atoms with Gasteiger partial charge in [0.15, 0.2) is 5.65 Å². The van der Waals surface area contributed by atoms with Crippen LogP contribution >= 0.6 is 22.9 Å². The summed E-state index contributed by atoms with van der Waals surface area (Å²) in [5.74, 6) is 0.897. The number of thiazole rings is 1. The van der Waals surface area contributed by atoms with E-state index >= 15 is 0 Å². The maximum atomic E-state index is 13.2. The van der Waals surface area contributed by atoms with Crippen molar-refractivity contribution in [2.24, 2.45) is 7.05 Å². The van der Waals surface area contributed by atoms with E-state index in [4.69, 9.17) is 11.6 Å². The van der Waals surface area contributed by atoms with Crippen molar-refractivity contribution in [3.05, 3.63) is 52.4 Å². The summed E-state index contributed by atoms with van der Waals surface area (Å²) >= 11 is 7.41. The lowest BCUT2D eigenvalue weighted by molar-refractivity contribution is 0.0750. The molecule has 0 bridgehead atoms. The van der Waals surface area contributed by atoms with Crippen molar-refractivity contribution in [2.75, 3.05) is 31.1 Å². The van der Waals surface area contributed by atoms with Gasteiger partial charge in [-0.1, -0.05) is 23.7 Å². The van der Waals surface area contributed by atoms with Crippen LogP contribution in [-0.4, -0.2) is 61.7 Å². The fourth-order valence-corrected chi connectivity index (χ4v) is 4.94. The Bertz CT molecular complexity index is 1260. The highest BCUT2D eigenvalue weighted by molar-refractivity contribution is 7.17. The first-order valence-corrected chi connectivity index (χ1v) is 11.1. The summed E-state index contributed by atoms with van der Waals surface area (Å²) in [5.41, 5.74) is 2.53. The summed E-state index contributed by atoms with van der Waals surface area (Å²) in [6.07, 6.45) is 3.36. The predicted molar refractivity (Wildman–Crippen MR) is 122 cm³/mol. The minimum Gasteiger partial charge on any atom is -0.352 e. The van der Waals surface area contributed by atoms with Crippen LogP contribution in [0.25, 0.3) is 21.6 Å². The monoisotopic (exact) mass is 453 g/mol. The first kappa shape index (κ1) is 19.9. The standard InChI is InChI=1S/C21H20ClN7OS/c1-13-17(31-20(26-13)14-3-5-15(22)6-4-14)21(30)29-9-7-28(8-10-29)19-16-11-25-27(2)18(16)23-12-24-19/h3-6,11-12H,7-10H2,1-2H3. The van der Waals surface area contributed by atoms with Crippen molar-refractivity contribution < 1.29 is 4.79 Å². The number of rotatable bonds is 3. The Morgan fingerprint density at radius 1 is 1.10 bits per heavy atom. The van der Waals surface area contributed by atoms with E-state index in [2.05, 4.69) is 25.0 Å². The van der Waals surface area contributed by atoms with Gasteiger partial charge in [-0.15, -0.1) is 11.3 Å². The highest BCUT2D eigenvalue weighted by atomic mass is 35.5. The third kappa shape index (κ3) is 3.64. The highest BCUT2D eigenvalue weighted by Gasteiger charge is 2.27. The van der Waals surface area contributed by atoms with Gasteiger partial charge in [0.2, 0.25) is 0 Å². The van der Waals surface area contributed by atoms with Crippen LogP contribution in [0.3, 0.4) is 0 Å². The summed E-state index contributed by atoms with van der Waals surface area (Å²) in [6, 6.07) is 7.52. The lowest BCUT2D eigenvalue weighted by Gasteiger charge is -2.35. The molecular formula is C21H20ClN7OS. The van der Waals surface area contributed by atoms with E-state index < -0.39 is 0 Å². The second kappa shape index (κ2) is 7.90. The van der Waals surface area contributed by atoms with Crippen molar-refractivity contribution in [1.29, 1.82) is 0 Å². The molecule has 0 unspecified atom stereocenters. The van der Waals surface area contributed by atoms with Crippen LogP contribution in [0.2, 0.25) is 5.02 Å². The summed E-state index contributed by atoms with van der Waals surface area (Å²) in [5, 5.41) is 6.72. The molecule has 8 nitrogen and oxygen atoms in total. The Kier molecular flexibility index (Phi) is 5.07. The number of hydrogen-bond donors (Lipinski definition) is 0. The van der Waals surface area contributed by atoms with Crippen molar-refractivity contribution in [2.45, 2.75) is 6.92 Å². The molecule has 10 heteroatoms. The second-order valence-corrected chi connectivity index (χ2v) is 8.86. The van der Waals surface area contributed by atoms with Crippen molar-refractivity contribution in [3.8, 4) is 10.6 Å². The van der Waals surface area contributed by atoms with Gasteiger partial charge in [0.25, 0.3) is 5.91 Å². The van der Waals surface area contributed by atoms with E-state index in [1.807, 2.05) is 43.1 Å². The van der Waals surface area contributed by atoms with E-state index in [9.17, 15) is 4.79 Å². The number of benzene rings is 1. The highest BCUT2D eigenvalue weighted by Crippen LogP contribution is 2.30. The molecule has 5 rings (SSSR count). The zero-order chi connectivity index (χ0) is 21.5. The van der Waals surface area contributed by atoms with E-state index in [0.29, 0.717) is 36.1 Å². The van der Waals surface area contributed by atoms with E-state index in [0.717, 1.165) is 33.1 Å². The Labute approximate surface area is 188 Å². The van der Waals surface area contributed by atoms with Gasteiger partial charge in [-0.25, -0.2) is 15.0 Å². The molecule has 0 saturated carbocycles. The Hall–Kier alpha value is -3.04. The molecule has 1 saturated heterocycles. The summed E-state index contributed by atoms with van der Waals surface area (Å²) in [4.78, 5) is 31.4. The number of fused-ring (bicyclic) bond motifs is 1. The molecule has 1 amide bonds. The fraction of sp³-hybridized carbons (Fsp3) is 0.286. The quantitative estimate of drug-likeness (QED) is 0.473. The van der Waals surface area contributed by atoms with E-state index in [1.165, 1.54) is 11.3 Å². The number of anilines is 1. The topological polar surface area (TPSA) is 80.0 Å². The molecule has 1 aliphatic rings. The molecule has 0 aliphatic carbocycles. The average molecular weight is 454 g/mol. The van der Waals surface area contributed by atoms with Crippen LogP contribution in [0, 0.1) is 6.92 Å². The minimum absolute atomic E-state index is 0.0316. The molecule has 3 aromatic heterocycles. The van der Waals surface area contributed by atoms with Crippen LogP contribution in [0.1, 0.15) is 15.4 Å². The van der Waals surface area contributed by atoms with Crippen molar-refractivity contribution >= 4 is 45.7 Å². The number of amides is 1. The van der Waals surface area contributed by atoms with Crippen molar-refractivity contribution in [1.82, 2.24) is 29.6 Å². The van der Waals surface area contributed by atoms with E-state index in [-0.39, 0.29) is 5.91 Å². The number of halogens is 1. The van der Waals surface area contributed by atoms with Crippen LogP contribution in [0.5, 0.6) is 0 Å². The SMILES string of the molecule is Cc1nc(-c2ccc(Cl)cc2)sc1C(=O)N1CCN(c2ncnc3c2cnn3C)CC1. The third-order valence-electron chi connectivity index (χ3n) is 5.46. The van der Waals surface area contributed by atoms with E-state index in [1.54, 1.807) is 17.2 Å². The van der Waals surface area contributed by atoms with Gasteiger partial charge in [0.05, 0.1) is 17.3 Å². The van der Waals surface area contributed by atoms with Gasteiger partial charge in [0, 0.05) is 43.8 Å². The number of nitrogens with zero attached hydrogens (tertiary/aromatic N) is 7. The number of aryl methyl sites for hydroxylation is 2. The molecule has 1 aliphatic heterocycles. The average Bonchev–Trinajstić information content (AvgIpc) is 3.37. The zero-order valence-corrected chi connectivity index (χ0v) is 18.7. The maximum Gasteiger partial charge on any atom is 0.265 e. The predicted octanol–water partition coefficient (Wildman–Crippen LogP) is 3.41. The van der Waals surface area contributed by atoms with Gasteiger partial charge < -0.3 is 9.80 Å². The maximum absolute atomic E-state index is 13.2. The van der Waals surface area contributed by atoms with Crippen LogP contribution in [0.15, 0.2) is 36.8 Å². The normalized spacial score (nSPS) is 14.4. The van der Waals surface area contributed by atoms with Gasteiger partial charge in [0.1, 0.15) is 22.0 Å². The molecule has 0 atom stereocenters. The molecule has 0 radical (unpaired) electrons. The largest absolute Gasteiger partial charge is 0.352 e. The van der Waals surface area contributed by atoms with Crippen molar-refractivity contribution in [3.63, 3.8) is 0 Å². The molecule has 31 heavy (non-hydrogen) atoms. The number of piperazine rings is 1. The third-order valence-corrected chi connectivity index (χ3v) is 6.90. The first-order valence-electron chi connectivity index (χ1n) is 9.91. The molecule has 1 aromatic carbocycles. The molecule has 4 aromatic rings. The molecule has 0 N–H and O–H groups in total. The number of hydrogen-bond acceptors (Lipinski definition) is 7. The van der Waals surface area contributed by atoms with Gasteiger partial charge in [-0.3, -0.25) is 9.48 Å². The molecular weight excluding hydrogens is 434 g/mol. The molecule has 0 spiro atoms. The van der Waals surface area contributed by atoms with Gasteiger partial charge >= 0.3 is 0 Å². The van der Waals surface area contributed by atoms with Crippen LogP contribution in [0.4, 0.5) is 5.82 Å². The zero-order valence-electron chi connectivity index (χ0n) is 17.1. The summed E-state index contributed by atoms with van der Waals surface area (Å²) in [7, 11) is 1.87. The lowest BCUT2D eigenvalue weighted by Crippen LogP contribution is -2.49. The summed E-state index contributed by atoms with van der Waals surface area (Å²) < 4.78 is 1.74. The number of carbonyl (C=O) groups excluding carboxylic acids is 1. The number of carbonyl (C=O) groups is 1. The summed E-state index contributed by atoms with van der Waals surface area (Å²) in [6.45, 7) is 4.54. The fourth-order valence-electron chi connectivity index (χ4n) is 3.78. The number of aromatic nitrogens is 5. The van der Waals surface area contributed by atoms with Crippen LogP contribution < -0.4 is 4.90 Å². The Morgan fingerprint density at radius 2 is 1.84 bits per heavy atom. The lowest BCUT2D eigenvalue weighted by atomic mass is 10.2. The van der Waals surface area contributed by atoms with Gasteiger partial charge in [-0.05, 0) is 19.1 Å². The molecule has 1 fully saturated rings. The Morgan fingerprint density at radius 3 is 2.58 bits per heavy atom. The molecule has 158 valence electrons. The smallest absolute Gasteiger partial charge is 0.265 e. The van der Waals surface area contributed by atoms with Crippen LogP contribution in [-0.2, 0) is 7.05 Å². The second-order valence-electron chi connectivity index (χ2n) is 7.42. The Balaban J connectivity index is 1.32. The molecule has 4 heterocycles. The minimum atomic E-state index is 0.0316.